The molecule has 0 atom stereocenters. The lowest BCUT2D eigenvalue weighted by molar-refractivity contribution is 0.567. The van der Waals surface area contributed by atoms with E-state index in [0.717, 1.165) is 34.9 Å². The second kappa shape index (κ2) is 6.36. The SMILES string of the molecule is CCCn1c(-c2ccco2)csc1=Nc1cc(C)cc(C)c1. The largest absolute Gasteiger partial charge is 0.463 e. The van der Waals surface area contributed by atoms with Crippen LogP contribution in [0.3, 0.4) is 0 Å². The van der Waals surface area contributed by atoms with Gasteiger partial charge in [-0.1, -0.05) is 13.0 Å². The molecule has 0 aliphatic carbocycles. The van der Waals surface area contributed by atoms with Gasteiger partial charge in [-0.15, -0.1) is 11.3 Å². The molecule has 0 radical (unpaired) electrons. The van der Waals surface area contributed by atoms with Gasteiger partial charge in [-0.3, -0.25) is 0 Å². The number of benzene rings is 1. The number of hydrogen-bond donors (Lipinski definition) is 0. The molecule has 22 heavy (non-hydrogen) atoms. The van der Waals surface area contributed by atoms with Gasteiger partial charge in [0.25, 0.3) is 0 Å². The van der Waals surface area contributed by atoms with Crippen LogP contribution in [-0.2, 0) is 6.54 Å². The van der Waals surface area contributed by atoms with Crippen molar-refractivity contribution in [3.8, 4) is 11.5 Å². The molecule has 1 aromatic carbocycles. The van der Waals surface area contributed by atoms with Gasteiger partial charge in [0.05, 0.1) is 17.6 Å². The Hall–Kier alpha value is -2.07. The van der Waals surface area contributed by atoms with Crippen LogP contribution in [0.4, 0.5) is 5.69 Å². The van der Waals surface area contributed by atoms with E-state index < -0.39 is 0 Å². The fourth-order valence-corrected chi connectivity index (χ4v) is 3.54. The first-order chi connectivity index (χ1) is 10.7. The summed E-state index contributed by atoms with van der Waals surface area (Å²) in [5.74, 6) is 0.895. The Balaban J connectivity index is 2.12. The number of aromatic nitrogens is 1. The average molecular weight is 312 g/mol. The molecule has 0 fully saturated rings. The molecule has 2 aromatic heterocycles. The summed E-state index contributed by atoms with van der Waals surface area (Å²) >= 11 is 1.66. The van der Waals surface area contributed by atoms with Gasteiger partial charge in [-0.2, -0.15) is 0 Å². The van der Waals surface area contributed by atoms with Crippen molar-refractivity contribution in [3.05, 3.63) is 57.9 Å². The number of rotatable bonds is 4. The van der Waals surface area contributed by atoms with E-state index in [4.69, 9.17) is 9.41 Å². The summed E-state index contributed by atoms with van der Waals surface area (Å²) in [5.41, 5.74) is 4.59. The van der Waals surface area contributed by atoms with Crippen LogP contribution in [0.5, 0.6) is 0 Å². The van der Waals surface area contributed by atoms with Gasteiger partial charge in [0.15, 0.2) is 10.6 Å². The van der Waals surface area contributed by atoms with Crippen LogP contribution >= 0.6 is 11.3 Å². The first kappa shape index (κ1) is 14.9. The second-order valence-electron chi connectivity index (χ2n) is 5.49. The Morgan fingerprint density at radius 2 is 1.95 bits per heavy atom. The summed E-state index contributed by atoms with van der Waals surface area (Å²) in [7, 11) is 0. The van der Waals surface area contributed by atoms with Crippen LogP contribution in [0.25, 0.3) is 11.5 Å². The summed E-state index contributed by atoms with van der Waals surface area (Å²) in [6.07, 6.45) is 2.77. The smallest absolute Gasteiger partial charge is 0.190 e. The molecule has 0 saturated carbocycles. The van der Waals surface area contributed by atoms with Crippen LogP contribution in [0.15, 0.2) is 51.4 Å². The number of hydrogen-bond acceptors (Lipinski definition) is 3. The van der Waals surface area contributed by atoms with E-state index >= 15 is 0 Å². The first-order valence-corrected chi connectivity index (χ1v) is 8.40. The van der Waals surface area contributed by atoms with Crippen molar-refractivity contribution in [2.75, 3.05) is 0 Å². The molecule has 3 rings (SSSR count). The van der Waals surface area contributed by atoms with E-state index in [1.165, 1.54) is 11.1 Å². The van der Waals surface area contributed by atoms with E-state index in [9.17, 15) is 0 Å². The molecule has 0 unspecified atom stereocenters. The van der Waals surface area contributed by atoms with Crippen molar-refractivity contribution < 1.29 is 4.42 Å². The van der Waals surface area contributed by atoms with Crippen LogP contribution in [0.2, 0.25) is 0 Å². The predicted octanol–water partition coefficient (Wildman–Crippen LogP) is 5.07. The van der Waals surface area contributed by atoms with Gasteiger partial charge < -0.3 is 8.98 Å². The van der Waals surface area contributed by atoms with Gasteiger partial charge in [-0.05, 0) is 55.7 Å². The van der Waals surface area contributed by atoms with Crippen molar-refractivity contribution in [2.45, 2.75) is 33.7 Å². The van der Waals surface area contributed by atoms with E-state index in [1.54, 1.807) is 17.6 Å². The molecule has 0 saturated heterocycles. The van der Waals surface area contributed by atoms with Crippen molar-refractivity contribution >= 4 is 17.0 Å². The summed E-state index contributed by atoms with van der Waals surface area (Å²) in [6.45, 7) is 7.32. The topological polar surface area (TPSA) is 30.4 Å². The summed E-state index contributed by atoms with van der Waals surface area (Å²) < 4.78 is 7.79. The molecule has 0 aliphatic heterocycles. The fourth-order valence-electron chi connectivity index (χ4n) is 2.61. The molecular weight excluding hydrogens is 292 g/mol. The Kier molecular flexibility index (Phi) is 4.29. The molecule has 0 spiro atoms. The standard InChI is InChI=1S/C18H20N2OS/c1-4-7-20-16(17-6-5-8-21-17)12-22-18(20)19-15-10-13(2)9-14(3)11-15/h5-6,8-12H,4,7H2,1-3H3. The van der Waals surface area contributed by atoms with Crippen molar-refractivity contribution in [1.29, 1.82) is 0 Å². The van der Waals surface area contributed by atoms with Gasteiger partial charge in [-0.25, -0.2) is 4.99 Å². The third-order valence-electron chi connectivity index (χ3n) is 3.45. The fraction of sp³-hybridized carbons (Fsp3) is 0.278. The molecule has 0 aliphatic rings. The van der Waals surface area contributed by atoms with Crippen molar-refractivity contribution in [1.82, 2.24) is 4.57 Å². The lowest BCUT2D eigenvalue weighted by atomic mass is 10.1. The average Bonchev–Trinajstić information content (AvgIpc) is 3.08. The zero-order chi connectivity index (χ0) is 15.5. The molecule has 4 heteroatoms. The van der Waals surface area contributed by atoms with Crippen LogP contribution in [-0.4, -0.2) is 4.57 Å². The van der Waals surface area contributed by atoms with Gasteiger partial charge in [0, 0.05) is 11.9 Å². The molecule has 114 valence electrons. The highest BCUT2D eigenvalue weighted by atomic mass is 32.1. The highest BCUT2D eigenvalue weighted by molar-refractivity contribution is 7.07. The minimum Gasteiger partial charge on any atom is -0.463 e. The maximum atomic E-state index is 5.55. The minimum atomic E-state index is 0.895. The molecule has 3 aromatic rings. The molecular formula is C18H20N2OS. The molecule has 2 heterocycles. The van der Waals surface area contributed by atoms with Crippen LogP contribution in [0, 0.1) is 13.8 Å². The summed E-state index contributed by atoms with van der Waals surface area (Å²) in [6, 6.07) is 10.3. The zero-order valence-corrected chi connectivity index (χ0v) is 14.0. The second-order valence-corrected chi connectivity index (χ2v) is 6.33. The Morgan fingerprint density at radius 1 is 1.18 bits per heavy atom. The van der Waals surface area contributed by atoms with Gasteiger partial charge in [0.2, 0.25) is 0 Å². The lowest BCUT2D eigenvalue weighted by Crippen LogP contribution is -2.15. The van der Waals surface area contributed by atoms with Crippen LogP contribution in [0.1, 0.15) is 24.5 Å². The maximum Gasteiger partial charge on any atom is 0.190 e. The lowest BCUT2D eigenvalue weighted by Gasteiger charge is -2.05. The number of thiazole rings is 1. The minimum absolute atomic E-state index is 0.895. The number of aryl methyl sites for hydroxylation is 2. The molecule has 0 bridgehead atoms. The van der Waals surface area contributed by atoms with Crippen molar-refractivity contribution in [3.63, 3.8) is 0 Å². The maximum absolute atomic E-state index is 5.55. The monoisotopic (exact) mass is 312 g/mol. The highest BCUT2D eigenvalue weighted by Gasteiger charge is 2.09. The van der Waals surface area contributed by atoms with E-state index in [0.29, 0.717) is 0 Å². The third kappa shape index (κ3) is 3.07. The predicted molar refractivity (Wildman–Crippen MR) is 91.4 cm³/mol. The summed E-state index contributed by atoms with van der Waals surface area (Å²) in [5, 5.41) is 2.12. The molecule has 0 N–H and O–H groups in total. The Bertz CT molecular complexity index is 805. The van der Waals surface area contributed by atoms with Crippen LogP contribution < -0.4 is 4.80 Å². The first-order valence-electron chi connectivity index (χ1n) is 7.52. The molecule has 3 nitrogen and oxygen atoms in total. The van der Waals surface area contributed by atoms with E-state index in [2.05, 4.69) is 48.9 Å². The Morgan fingerprint density at radius 3 is 2.59 bits per heavy atom. The molecule has 0 amide bonds. The normalized spacial score (nSPS) is 12.0. The number of furan rings is 1. The van der Waals surface area contributed by atoms with Crippen molar-refractivity contribution in [2.24, 2.45) is 4.99 Å². The Labute approximate surface area is 134 Å². The summed E-state index contributed by atoms with van der Waals surface area (Å²) in [4.78, 5) is 5.86. The van der Waals surface area contributed by atoms with E-state index in [-0.39, 0.29) is 0 Å². The number of nitrogens with zero attached hydrogens (tertiary/aromatic N) is 2. The zero-order valence-electron chi connectivity index (χ0n) is 13.2. The highest BCUT2D eigenvalue weighted by Crippen LogP contribution is 2.22. The van der Waals surface area contributed by atoms with E-state index in [1.807, 2.05) is 12.1 Å². The quantitative estimate of drug-likeness (QED) is 0.661. The van der Waals surface area contributed by atoms with Gasteiger partial charge in [0.1, 0.15) is 0 Å². The van der Waals surface area contributed by atoms with Gasteiger partial charge >= 0.3 is 0 Å². The third-order valence-corrected chi connectivity index (χ3v) is 4.31.